The zero-order chi connectivity index (χ0) is 14.3. The van der Waals surface area contributed by atoms with E-state index >= 15 is 0 Å². The number of halogens is 2. The minimum Gasteiger partial charge on any atom is -0.392 e. The van der Waals surface area contributed by atoms with Gasteiger partial charge in [0.1, 0.15) is 4.90 Å². The smallest absolute Gasteiger partial charge is 0.242 e. The number of aliphatic hydroxyl groups is 1. The Labute approximate surface area is 122 Å². The van der Waals surface area contributed by atoms with Crippen molar-refractivity contribution in [3.8, 4) is 0 Å². The molecule has 2 N–H and O–H groups in total. The van der Waals surface area contributed by atoms with Crippen molar-refractivity contribution in [2.24, 2.45) is 5.41 Å². The van der Waals surface area contributed by atoms with Crippen LogP contribution in [0.15, 0.2) is 17.0 Å². The van der Waals surface area contributed by atoms with Gasteiger partial charge in [-0.1, -0.05) is 30.1 Å². The lowest BCUT2D eigenvalue weighted by atomic mass is 10.2. The van der Waals surface area contributed by atoms with Gasteiger partial charge in [-0.05, 0) is 36.0 Å². The van der Waals surface area contributed by atoms with Crippen LogP contribution < -0.4 is 4.72 Å². The molecule has 0 radical (unpaired) electrons. The van der Waals surface area contributed by atoms with Gasteiger partial charge in [0, 0.05) is 11.6 Å². The molecule has 7 heteroatoms. The number of sulfonamides is 1. The van der Waals surface area contributed by atoms with Crippen LogP contribution in [-0.2, 0) is 16.6 Å². The summed E-state index contributed by atoms with van der Waals surface area (Å²) in [7, 11) is -3.69. The van der Waals surface area contributed by atoms with Crippen molar-refractivity contribution in [2.45, 2.75) is 31.3 Å². The standard InChI is InChI=1S/C12H15Cl2NO3S/c1-12(2-3-12)7-15-19(17,18)11-4-8(6-16)9(13)5-10(11)14/h4-5,15-16H,2-3,6-7H2,1H3. The molecule has 1 aliphatic carbocycles. The normalized spacial score (nSPS) is 17.5. The predicted molar refractivity (Wildman–Crippen MR) is 74.9 cm³/mol. The summed E-state index contributed by atoms with van der Waals surface area (Å²) in [5, 5.41) is 9.43. The molecular weight excluding hydrogens is 309 g/mol. The summed E-state index contributed by atoms with van der Waals surface area (Å²) in [6.45, 7) is 2.08. The Balaban J connectivity index is 2.28. The molecule has 1 fully saturated rings. The van der Waals surface area contributed by atoms with Crippen molar-refractivity contribution in [2.75, 3.05) is 6.54 Å². The third-order valence-corrected chi connectivity index (χ3v) is 5.57. The van der Waals surface area contributed by atoms with Gasteiger partial charge >= 0.3 is 0 Å². The lowest BCUT2D eigenvalue weighted by Crippen LogP contribution is -2.29. The van der Waals surface area contributed by atoms with Crippen LogP contribution in [0, 0.1) is 5.41 Å². The third kappa shape index (κ3) is 3.41. The van der Waals surface area contributed by atoms with E-state index in [0.717, 1.165) is 12.8 Å². The van der Waals surface area contributed by atoms with E-state index in [1.165, 1.54) is 12.1 Å². The average molecular weight is 324 g/mol. The summed E-state index contributed by atoms with van der Waals surface area (Å²) < 4.78 is 26.9. The average Bonchev–Trinajstić information content (AvgIpc) is 3.06. The Hall–Kier alpha value is -0.330. The van der Waals surface area contributed by atoms with Crippen molar-refractivity contribution in [3.05, 3.63) is 27.7 Å². The Kier molecular flexibility index (Phi) is 4.14. The van der Waals surface area contributed by atoms with Gasteiger partial charge in [0.05, 0.1) is 11.6 Å². The molecular formula is C12H15Cl2NO3S. The lowest BCUT2D eigenvalue weighted by molar-refractivity contribution is 0.281. The van der Waals surface area contributed by atoms with Gasteiger partial charge in [-0.2, -0.15) is 0 Å². The van der Waals surface area contributed by atoms with Crippen LogP contribution in [0.1, 0.15) is 25.3 Å². The fraction of sp³-hybridized carbons (Fsp3) is 0.500. The third-order valence-electron chi connectivity index (χ3n) is 3.35. The summed E-state index contributed by atoms with van der Waals surface area (Å²) in [5.41, 5.74) is 0.398. The molecule has 106 valence electrons. The van der Waals surface area contributed by atoms with Crippen molar-refractivity contribution in [3.63, 3.8) is 0 Å². The van der Waals surface area contributed by atoms with Gasteiger partial charge < -0.3 is 5.11 Å². The first-order valence-electron chi connectivity index (χ1n) is 5.86. The molecule has 1 aliphatic rings. The Bertz CT molecular complexity index is 597. The maximum Gasteiger partial charge on any atom is 0.242 e. The van der Waals surface area contributed by atoms with Crippen molar-refractivity contribution >= 4 is 33.2 Å². The van der Waals surface area contributed by atoms with E-state index in [2.05, 4.69) is 4.72 Å². The number of nitrogens with one attached hydrogen (secondary N) is 1. The minimum atomic E-state index is -3.69. The number of rotatable bonds is 5. The van der Waals surface area contributed by atoms with Crippen LogP contribution >= 0.6 is 23.2 Å². The molecule has 19 heavy (non-hydrogen) atoms. The summed E-state index contributed by atoms with van der Waals surface area (Å²) >= 11 is 11.8. The Morgan fingerprint density at radius 2 is 1.95 bits per heavy atom. The molecule has 4 nitrogen and oxygen atoms in total. The summed E-state index contributed by atoms with van der Waals surface area (Å²) in [4.78, 5) is -0.0492. The predicted octanol–water partition coefficient (Wildman–Crippen LogP) is 2.56. The molecule has 0 aromatic heterocycles. The van der Waals surface area contributed by atoms with Crippen molar-refractivity contribution < 1.29 is 13.5 Å². The summed E-state index contributed by atoms with van der Waals surface area (Å²) in [5.74, 6) is 0. The maximum atomic E-state index is 12.2. The molecule has 1 saturated carbocycles. The molecule has 0 heterocycles. The van der Waals surface area contributed by atoms with Gasteiger partial charge in [-0.15, -0.1) is 0 Å². The number of benzene rings is 1. The topological polar surface area (TPSA) is 66.4 Å². The van der Waals surface area contributed by atoms with E-state index in [1.807, 2.05) is 6.92 Å². The van der Waals surface area contributed by atoms with Gasteiger partial charge in [0.15, 0.2) is 0 Å². The minimum absolute atomic E-state index is 0.0492. The Morgan fingerprint density at radius 1 is 1.32 bits per heavy atom. The van der Waals surface area contributed by atoms with E-state index in [1.54, 1.807) is 0 Å². The fourth-order valence-electron chi connectivity index (χ4n) is 1.64. The highest BCUT2D eigenvalue weighted by Gasteiger charge is 2.38. The highest BCUT2D eigenvalue weighted by Crippen LogP contribution is 2.44. The zero-order valence-corrected chi connectivity index (χ0v) is 12.7. The maximum absolute atomic E-state index is 12.2. The first-order chi connectivity index (χ1) is 8.77. The van der Waals surface area contributed by atoms with Crippen LogP contribution in [0.4, 0.5) is 0 Å². The Morgan fingerprint density at radius 3 is 2.47 bits per heavy atom. The second-order valence-corrected chi connectivity index (χ2v) is 7.72. The lowest BCUT2D eigenvalue weighted by Gasteiger charge is -2.13. The van der Waals surface area contributed by atoms with Crippen LogP contribution in [0.3, 0.4) is 0 Å². The zero-order valence-electron chi connectivity index (χ0n) is 10.4. The van der Waals surface area contributed by atoms with Crippen LogP contribution in [0.5, 0.6) is 0 Å². The second kappa shape index (κ2) is 5.22. The van der Waals surface area contributed by atoms with Crippen molar-refractivity contribution in [1.82, 2.24) is 4.72 Å². The molecule has 0 bridgehead atoms. The molecule has 2 rings (SSSR count). The summed E-state index contributed by atoms with van der Waals surface area (Å²) in [6, 6.07) is 2.64. The van der Waals surface area contributed by atoms with E-state index < -0.39 is 10.0 Å². The van der Waals surface area contributed by atoms with Gasteiger partial charge in [-0.3, -0.25) is 0 Å². The van der Waals surface area contributed by atoms with Crippen molar-refractivity contribution in [1.29, 1.82) is 0 Å². The van der Waals surface area contributed by atoms with E-state index in [-0.39, 0.29) is 27.0 Å². The second-order valence-electron chi connectivity index (χ2n) is 5.17. The molecule has 0 saturated heterocycles. The molecule has 0 aliphatic heterocycles. The SMILES string of the molecule is CC1(CNS(=O)(=O)c2cc(CO)c(Cl)cc2Cl)CC1. The molecule has 0 atom stereocenters. The van der Waals surface area contributed by atoms with Gasteiger partial charge in [0.25, 0.3) is 0 Å². The number of hydrogen-bond acceptors (Lipinski definition) is 3. The van der Waals surface area contributed by atoms with Gasteiger partial charge in [0.2, 0.25) is 10.0 Å². The van der Waals surface area contributed by atoms with Crippen LogP contribution in [0.2, 0.25) is 10.0 Å². The monoisotopic (exact) mass is 323 g/mol. The first-order valence-corrected chi connectivity index (χ1v) is 8.10. The summed E-state index contributed by atoms with van der Waals surface area (Å²) in [6.07, 6.45) is 2.04. The molecule has 0 unspecified atom stereocenters. The van der Waals surface area contributed by atoms with Gasteiger partial charge in [-0.25, -0.2) is 13.1 Å². The molecule has 0 spiro atoms. The quantitative estimate of drug-likeness (QED) is 0.875. The van der Waals surface area contributed by atoms with E-state index in [9.17, 15) is 8.42 Å². The largest absolute Gasteiger partial charge is 0.392 e. The molecule has 1 aromatic rings. The van der Waals surface area contributed by atoms with Crippen LogP contribution in [0.25, 0.3) is 0 Å². The number of aliphatic hydroxyl groups excluding tert-OH is 1. The number of hydrogen-bond donors (Lipinski definition) is 2. The molecule has 1 aromatic carbocycles. The first kappa shape index (κ1) is 15.1. The van der Waals surface area contributed by atoms with E-state index in [0.29, 0.717) is 12.1 Å². The highest BCUT2D eigenvalue weighted by atomic mass is 35.5. The van der Waals surface area contributed by atoms with E-state index in [4.69, 9.17) is 28.3 Å². The highest BCUT2D eigenvalue weighted by molar-refractivity contribution is 7.89. The fourth-order valence-corrected chi connectivity index (χ4v) is 3.69. The van der Waals surface area contributed by atoms with Crippen LogP contribution in [-0.4, -0.2) is 20.1 Å². The molecule has 0 amide bonds.